The van der Waals surface area contributed by atoms with Gasteiger partial charge in [0.25, 0.3) is 0 Å². The van der Waals surface area contributed by atoms with E-state index in [1.165, 1.54) is 0 Å². The highest BCUT2D eigenvalue weighted by molar-refractivity contribution is 5.56. The molecule has 3 N–H and O–H groups in total. The number of aromatic nitrogens is 3. The van der Waals surface area contributed by atoms with Crippen LogP contribution in [0.25, 0.3) is 0 Å². The average Bonchev–Trinajstić information content (AvgIpc) is 2.33. The van der Waals surface area contributed by atoms with Crippen LogP contribution in [0.1, 0.15) is 0 Å². The van der Waals surface area contributed by atoms with Crippen LogP contribution in [0.15, 0.2) is 18.2 Å². The van der Waals surface area contributed by atoms with Crippen LogP contribution in [-0.2, 0) is 0 Å². The van der Waals surface area contributed by atoms with Gasteiger partial charge in [-0.15, -0.1) is 0 Å². The van der Waals surface area contributed by atoms with Crippen LogP contribution >= 0.6 is 0 Å². The van der Waals surface area contributed by atoms with Gasteiger partial charge in [-0.2, -0.15) is 15.0 Å². The van der Waals surface area contributed by atoms with Crippen molar-refractivity contribution in [2.75, 3.05) is 30.0 Å². The first-order chi connectivity index (χ1) is 8.95. The summed E-state index contributed by atoms with van der Waals surface area (Å²) in [6.45, 7) is 0. The number of benzene rings is 1. The van der Waals surface area contributed by atoms with Gasteiger partial charge in [-0.3, -0.25) is 0 Å². The summed E-state index contributed by atoms with van der Waals surface area (Å²) in [4.78, 5) is 13.3. The molecule has 0 atom stereocenters. The largest absolute Gasteiger partial charge is 0.368 e. The molecule has 2 rings (SSSR count). The molecule has 0 unspecified atom stereocenters. The van der Waals surface area contributed by atoms with Crippen molar-refractivity contribution in [1.82, 2.24) is 15.0 Å². The molecule has 0 amide bonds. The van der Waals surface area contributed by atoms with E-state index in [0.29, 0.717) is 5.95 Å². The molecule has 0 saturated heterocycles. The zero-order valence-electron chi connectivity index (χ0n) is 10.4. The fraction of sp³-hybridized carbons (Fsp3) is 0.182. The zero-order valence-corrected chi connectivity index (χ0v) is 10.4. The van der Waals surface area contributed by atoms with Crippen LogP contribution in [-0.4, -0.2) is 29.0 Å². The van der Waals surface area contributed by atoms with E-state index in [9.17, 15) is 8.78 Å². The minimum Gasteiger partial charge on any atom is -0.368 e. The van der Waals surface area contributed by atoms with E-state index < -0.39 is 11.6 Å². The topological polar surface area (TPSA) is 80.0 Å². The molecule has 6 nitrogen and oxygen atoms in total. The maximum atomic E-state index is 13.5. The number of nitrogens with one attached hydrogen (secondary N) is 1. The lowest BCUT2D eigenvalue weighted by atomic mass is 10.3. The molecule has 0 spiro atoms. The standard InChI is InChI=1S/C11H12F2N6/c1-19(2)11-17-9(14)16-10(18-11)15-8-5-6(12)3-4-7(8)13/h3-5H,1-2H3,(H3,14,15,16,17,18). The predicted octanol–water partition coefficient (Wildman–Crippen LogP) is 1.54. The summed E-state index contributed by atoms with van der Waals surface area (Å²) in [5.41, 5.74) is 5.45. The quantitative estimate of drug-likeness (QED) is 0.877. The monoisotopic (exact) mass is 266 g/mol. The molecule has 1 aromatic heterocycles. The Labute approximate surface area is 108 Å². The molecule has 100 valence electrons. The lowest BCUT2D eigenvalue weighted by Gasteiger charge is -2.12. The molecule has 2 aromatic rings. The summed E-state index contributed by atoms with van der Waals surface area (Å²) in [6.07, 6.45) is 0. The van der Waals surface area contributed by atoms with Crippen molar-refractivity contribution in [3.63, 3.8) is 0 Å². The molecule has 0 radical (unpaired) electrons. The molecule has 0 fully saturated rings. The van der Waals surface area contributed by atoms with Crippen molar-refractivity contribution in [3.8, 4) is 0 Å². The molecule has 19 heavy (non-hydrogen) atoms. The van der Waals surface area contributed by atoms with Crippen molar-refractivity contribution < 1.29 is 8.78 Å². The van der Waals surface area contributed by atoms with Gasteiger partial charge in [-0.1, -0.05) is 0 Å². The number of nitrogens with zero attached hydrogens (tertiary/aromatic N) is 4. The number of rotatable bonds is 3. The molecule has 0 aliphatic carbocycles. The van der Waals surface area contributed by atoms with E-state index >= 15 is 0 Å². The molecule has 0 bridgehead atoms. The summed E-state index contributed by atoms with van der Waals surface area (Å²) in [6, 6.07) is 3.03. The second-order valence-electron chi connectivity index (χ2n) is 3.96. The third-order valence-corrected chi connectivity index (χ3v) is 2.22. The summed E-state index contributed by atoms with van der Waals surface area (Å²) >= 11 is 0. The van der Waals surface area contributed by atoms with Crippen LogP contribution in [0.5, 0.6) is 0 Å². The smallest absolute Gasteiger partial charge is 0.233 e. The predicted molar refractivity (Wildman–Crippen MR) is 68.2 cm³/mol. The highest BCUT2D eigenvalue weighted by Crippen LogP contribution is 2.20. The van der Waals surface area contributed by atoms with Crippen LogP contribution in [0.4, 0.5) is 32.3 Å². The lowest BCUT2D eigenvalue weighted by molar-refractivity contribution is 0.603. The third kappa shape index (κ3) is 3.03. The summed E-state index contributed by atoms with van der Waals surface area (Å²) < 4.78 is 26.5. The van der Waals surface area contributed by atoms with E-state index in [2.05, 4.69) is 20.3 Å². The number of hydrogen-bond acceptors (Lipinski definition) is 6. The van der Waals surface area contributed by atoms with E-state index in [1.807, 2.05) is 0 Å². The van der Waals surface area contributed by atoms with Crippen molar-refractivity contribution in [2.45, 2.75) is 0 Å². The van der Waals surface area contributed by atoms with Crippen molar-refractivity contribution >= 4 is 23.5 Å². The fourth-order valence-corrected chi connectivity index (χ4v) is 1.35. The normalized spacial score (nSPS) is 10.3. The number of nitrogens with two attached hydrogens (primary N) is 1. The van der Waals surface area contributed by atoms with Crippen LogP contribution < -0.4 is 16.0 Å². The van der Waals surface area contributed by atoms with Gasteiger partial charge in [0.05, 0.1) is 5.69 Å². The number of anilines is 4. The molecule has 1 heterocycles. The fourth-order valence-electron chi connectivity index (χ4n) is 1.35. The van der Waals surface area contributed by atoms with E-state index in [0.717, 1.165) is 18.2 Å². The minimum atomic E-state index is -0.619. The highest BCUT2D eigenvalue weighted by atomic mass is 19.1. The third-order valence-electron chi connectivity index (χ3n) is 2.22. The first-order valence-electron chi connectivity index (χ1n) is 5.36. The van der Waals surface area contributed by atoms with Gasteiger partial charge in [0.2, 0.25) is 17.8 Å². The molecule has 0 aliphatic rings. The maximum absolute atomic E-state index is 13.5. The Kier molecular flexibility index (Phi) is 3.41. The SMILES string of the molecule is CN(C)c1nc(N)nc(Nc2cc(F)ccc2F)n1. The molecular formula is C11H12F2N6. The Morgan fingerprint density at radius 2 is 1.89 bits per heavy atom. The van der Waals surface area contributed by atoms with Crippen molar-refractivity contribution in [3.05, 3.63) is 29.8 Å². The van der Waals surface area contributed by atoms with E-state index in [1.54, 1.807) is 19.0 Å². The van der Waals surface area contributed by atoms with Gasteiger partial charge < -0.3 is 16.0 Å². The number of nitrogen functional groups attached to an aromatic ring is 1. The van der Waals surface area contributed by atoms with Crippen LogP contribution in [0.2, 0.25) is 0 Å². The Morgan fingerprint density at radius 3 is 2.58 bits per heavy atom. The Bertz CT molecular complexity index is 602. The number of halogens is 2. The Hall–Kier alpha value is -2.51. The summed E-state index contributed by atoms with van der Waals surface area (Å²) in [5.74, 6) is -0.851. The highest BCUT2D eigenvalue weighted by Gasteiger charge is 2.09. The molecule has 0 aliphatic heterocycles. The molecular weight excluding hydrogens is 254 g/mol. The van der Waals surface area contributed by atoms with Gasteiger partial charge in [0, 0.05) is 20.2 Å². The van der Waals surface area contributed by atoms with Crippen LogP contribution in [0.3, 0.4) is 0 Å². The Morgan fingerprint density at radius 1 is 1.16 bits per heavy atom. The van der Waals surface area contributed by atoms with Gasteiger partial charge >= 0.3 is 0 Å². The second kappa shape index (κ2) is 5.01. The minimum absolute atomic E-state index is 0.0157. The van der Waals surface area contributed by atoms with Crippen molar-refractivity contribution in [2.24, 2.45) is 0 Å². The van der Waals surface area contributed by atoms with Gasteiger partial charge in [-0.25, -0.2) is 8.78 Å². The summed E-state index contributed by atoms with van der Waals surface area (Å²) in [7, 11) is 3.45. The van der Waals surface area contributed by atoms with Gasteiger partial charge in [0.15, 0.2) is 0 Å². The van der Waals surface area contributed by atoms with E-state index in [4.69, 9.17) is 5.73 Å². The van der Waals surface area contributed by atoms with Gasteiger partial charge in [-0.05, 0) is 12.1 Å². The van der Waals surface area contributed by atoms with Crippen LogP contribution in [0, 0.1) is 11.6 Å². The first-order valence-corrected chi connectivity index (χ1v) is 5.36. The second-order valence-corrected chi connectivity index (χ2v) is 3.96. The lowest BCUT2D eigenvalue weighted by Crippen LogP contribution is -2.15. The molecule has 0 saturated carbocycles. The maximum Gasteiger partial charge on any atom is 0.233 e. The summed E-state index contributed by atoms with van der Waals surface area (Å²) in [5, 5.41) is 2.57. The van der Waals surface area contributed by atoms with E-state index in [-0.39, 0.29) is 17.6 Å². The van der Waals surface area contributed by atoms with Gasteiger partial charge in [0.1, 0.15) is 11.6 Å². The molecule has 1 aromatic carbocycles. The average molecular weight is 266 g/mol. The van der Waals surface area contributed by atoms with Crippen molar-refractivity contribution in [1.29, 1.82) is 0 Å². The Balaban J connectivity index is 2.35. The molecule has 8 heteroatoms. The first kappa shape index (κ1) is 12.9. The number of hydrogen-bond donors (Lipinski definition) is 2. The zero-order chi connectivity index (χ0) is 14.0.